The molecule has 0 aromatic heterocycles. The number of ether oxygens (including phenoxy) is 1. The molecular weight excluding hydrogens is 500 g/mol. The van der Waals surface area contributed by atoms with Crippen molar-refractivity contribution in [1.29, 1.82) is 0 Å². The fraction of sp³-hybridized carbons (Fsp3) is 0.519. The number of benzene rings is 1. The van der Waals surface area contributed by atoms with E-state index in [0.29, 0.717) is 23.7 Å². The van der Waals surface area contributed by atoms with Crippen molar-refractivity contribution in [3.8, 4) is 0 Å². The molecule has 7 nitrogen and oxygen atoms in total. The Labute approximate surface area is 221 Å². The molecule has 2 amide bonds. The molecule has 4 rings (SSSR count). The van der Waals surface area contributed by atoms with Crippen LogP contribution in [0.3, 0.4) is 0 Å². The number of aliphatic hydroxyl groups excluding tert-OH is 1. The van der Waals surface area contributed by atoms with Crippen molar-refractivity contribution in [2.24, 2.45) is 11.8 Å². The Balaban J connectivity index is 1.63. The van der Waals surface area contributed by atoms with Gasteiger partial charge in [-0.1, -0.05) is 23.8 Å². The first-order valence-corrected chi connectivity index (χ1v) is 13.7. The molecule has 1 N–H and O–H groups in total. The Morgan fingerprint density at radius 1 is 1.25 bits per heavy atom. The number of nitrogens with zero attached hydrogens (tertiary/aromatic N) is 2. The lowest BCUT2D eigenvalue weighted by molar-refractivity contribution is -0.154. The zero-order chi connectivity index (χ0) is 25.9. The van der Waals surface area contributed by atoms with E-state index in [1.807, 2.05) is 6.08 Å². The molecule has 1 aromatic rings. The second kappa shape index (κ2) is 11.4. The summed E-state index contributed by atoms with van der Waals surface area (Å²) >= 11 is 7.64. The quantitative estimate of drug-likeness (QED) is 0.250. The maximum Gasteiger partial charge on any atom is 0.310 e. The van der Waals surface area contributed by atoms with Gasteiger partial charge in [0.05, 0.1) is 29.8 Å². The van der Waals surface area contributed by atoms with Gasteiger partial charge in [0, 0.05) is 29.0 Å². The fourth-order valence-electron chi connectivity index (χ4n) is 5.93. The topological polar surface area (TPSA) is 87.2 Å². The molecule has 2 unspecified atom stereocenters. The van der Waals surface area contributed by atoms with E-state index in [-0.39, 0.29) is 42.7 Å². The smallest absolute Gasteiger partial charge is 0.310 e. The normalized spacial score (nSPS) is 28.2. The summed E-state index contributed by atoms with van der Waals surface area (Å²) in [6, 6.07) is 6.15. The lowest BCUT2D eigenvalue weighted by atomic mass is 9.71. The summed E-state index contributed by atoms with van der Waals surface area (Å²) in [7, 11) is 0. The Morgan fingerprint density at radius 2 is 2.00 bits per heavy atom. The van der Waals surface area contributed by atoms with E-state index >= 15 is 0 Å². The van der Waals surface area contributed by atoms with Crippen LogP contribution in [0.25, 0.3) is 0 Å². The number of rotatable bonds is 12. The summed E-state index contributed by atoms with van der Waals surface area (Å²) in [6.45, 7) is 7.83. The Kier molecular flexibility index (Phi) is 8.48. The summed E-state index contributed by atoms with van der Waals surface area (Å²) in [5.74, 6) is -2.08. The largest absolute Gasteiger partial charge is 0.465 e. The van der Waals surface area contributed by atoms with E-state index in [2.05, 4.69) is 13.2 Å². The Morgan fingerprint density at radius 3 is 2.67 bits per heavy atom. The summed E-state index contributed by atoms with van der Waals surface area (Å²) in [4.78, 5) is 44.2. The maximum atomic E-state index is 14.2. The molecule has 3 aliphatic heterocycles. The molecule has 0 saturated carbocycles. The molecule has 1 spiro atoms. The second-order valence-corrected chi connectivity index (χ2v) is 11.5. The van der Waals surface area contributed by atoms with Crippen LogP contribution in [0, 0.1) is 11.8 Å². The zero-order valence-corrected chi connectivity index (χ0v) is 21.9. The van der Waals surface area contributed by atoms with Gasteiger partial charge in [-0.3, -0.25) is 14.4 Å². The van der Waals surface area contributed by atoms with Crippen LogP contribution in [-0.4, -0.2) is 70.1 Å². The molecule has 3 fully saturated rings. The van der Waals surface area contributed by atoms with Crippen molar-refractivity contribution in [1.82, 2.24) is 4.90 Å². The molecule has 3 aliphatic rings. The van der Waals surface area contributed by atoms with Gasteiger partial charge < -0.3 is 19.6 Å². The van der Waals surface area contributed by atoms with Crippen molar-refractivity contribution in [2.75, 3.05) is 31.2 Å². The van der Waals surface area contributed by atoms with Crippen LogP contribution in [0.1, 0.15) is 32.1 Å². The number of amides is 2. The predicted octanol–water partition coefficient (Wildman–Crippen LogP) is 3.84. The van der Waals surface area contributed by atoms with Gasteiger partial charge in [0.25, 0.3) is 5.91 Å². The number of carbonyl (C=O) groups is 3. The first-order chi connectivity index (χ1) is 17.4. The molecule has 3 heterocycles. The van der Waals surface area contributed by atoms with Crippen LogP contribution in [0.4, 0.5) is 5.69 Å². The molecule has 3 saturated heterocycles. The Bertz CT molecular complexity index is 1020. The number of hydrogen-bond donors (Lipinski definition) is 1. The summed E-state index contributed by atoms with van der Waals surface area (Å²) in [6.07, 6.45) is 7.35. The molecule has 36 heavy (non-hydrogen) atoms. The number of fused-ring (bicyclic) bond motifs is 1. The number of likely N-dealkylation sites (tertiary alicyclic amines) is 1. The minimum absolute atomic E-state index is 0.0323. The third kappa shape index (κ3) is 4.71. The number of thioether (sulfide) groups is 1. The molecule has 0 radical (unpaired) electrons. The van der Waals surface area contributed by atoms with E-state index in [9.17, 15) is 19.5 Å². The minimum Gasteiger partial charge on any atom is -0.465 e. The molecule has 0 aliphatic carbocycles. The minimum atomic E-state index is -0.793. The van der Waals surface area contributed by atoms with Gasteiger partial charge in [-0.15, -0.1) is 24.9 Å². The molecule has 194 valence electrons. The average Bonchev–Trinajstić information content (AvgIpc) is 3.51. The number of halogens is 1. The Hall–Kier alpha value is -2.29. The van der Waals surface area contributed by atoms with E-state index in [4.69, 9.17) is 16.3 Å². The molecule has 2 bridgehead atoms. The first kappa shape index (κ1) is 26.8. The van der Waals surface area contributed by atoms with Crippen LogP contribution < -0.4 is 4.90 Å². The van der Waals surface area contributed by atoms with Crippen molar-refractivity contribution in [3.05, 3.63) is 54.6 Å². The number of anilines is 1. The third-order valence-corrected chi connectivity index (χ3v) is 9.61. The zero-order valence-electron chi connectivity index (χ0n) is 20.3. The van der Waals surface area contributed by atoms with Gasteiger partial charge in [0.1, 0.15) is 6.04 Å². The standard InChI is InChI=1S/C27H33ClN2O5S/c1-3-5-6-7-17-35-26(34)21-20-12-13-27(36-20)22(21)24(32)30(15-16-31)23(27)25(33)29(14-4-2)19-10-8-18(28)9-11-19/h3-4,8-11,20-23,31H,1-2,5-7,12-17H2/t20-,21+,22-,23?,27?/m0/s1. The van der Waals surface area contributed by atoms with Crippen molar-refractivity contribution >= 4 is 46.8 Å². The van der Waals surface area contributed by atoms with Crippen LogP contribution in [0.2, 0.25) is 5.02 Å². The lowest BCUT2D eigenvalue weighted by Gasteiger charge is -2.37. The second-order valence-electron chi connectivity index (χ2n) is 9.48. The van der Waals surface area contributed by atoms with Crippen LogP contribution >= 0.6 is 23.4 Å². The van der Waals surface area contributed by atoms with Gasteiger partial charge in [-0.25, -0.2) is 0 Å². The molecule has 1 aromatic carbocycles. The summed E-state index contributed by atoms with van der Waals surface area (Å²) in [5.41, 5.74) is 0.647. The SMILES string of the molecule is C=CCCCCOC(=O)[C@@H]1[C@@H]2CCC3(S2)C(C(=O)N(CC=C)c2ccc(Cl)cc2)N(CCO)C(=O)[C@H]13. The van der Waals surface area contributed by atoms with Crippen molar-refractivity contribution < 1.29 is 24.2 Å². The van der Waals surface area contributed by atoms with Gasteiger partial charge in [0.2, 0.25) is 5.91 Å². The van der Waals surface area contributed by atoms with E-state index in [0.717, 1.165) is 25.7 Å². The van der Waals surface area contributed by atoms with Crippen LogP contribution in [-0.2, 0) is 19.1 Å². The van der Waals surface area contributed by atoms with E-state index in [1.54, 1.807) is 47.0 Å². The number of β-amino-alcohol motifs (C(OH)–C–C–N with tert-alkyl or cyclic N) is 1. The van der Waals surface area contributed by atoms with Gasteiger partial charge in [0.15, 0.2) is 0 Å². The fourth-order valence-corrected chi connectivity index (χ4v) is 8.26. The molecular formula is C27H33ClN2O5S. The number of hydrogen-bond acceptors (Lipinski definition) is 6. The van der Waals surface area contributed by atoms with E-state index in [1.165, 1.54) is 4.90 Å². The molecule has 9 heteroatoms. The van der Waals surface area contributed by atoms with Crippen molar-refractivity contribution in [3.63, 3.8) is 0 Å². The van der Waals surface area contributed by atoms with Crippen molar-refractivity contribution in [2.45, 2.75) is 48.1 Å². The number of esters is 1. The van der Waals surface area contributed by atoms with Crippen LogP contribution in [0.5, 0.6) is 0 Å². The number of allylic oxidation sites excluding steroid dienone is 1. The average molecular weight is 533 g/mol. The lowest BCUT2D eigenvalue weighted by Crippen LogP contribution is -2.55. The number of aliphatic hydroxyl groups is 1. The van der Waals surface area contributed by atoms with Crippen LogP contribution in [0.15, 0.2) is 49.6 Å². The summed E-state index contributed by atoms with van der Waals surface area (Å²) in [5, 5.41) is 10.3. The highest BCUT2D eigenvalue weighted by atomic mass is 35.5. The highest BCUT2D eigenvalue weighted by Crippen LogP contribution is 2.66. The highest BCUT2D eigenvalue weighted by molar-refractivity contribution is 8.02. The van der Waals surface area contributed by atoms with Gasteiger partial charge in [-0.05, 0) is 56.4 Å². The van der Waals surface area contributed by atoms with E-state index < -0.39 is 22.6 Å². The summed E-state index contributed by atoms with van der Waals surface area (Å²) < 4.78 is 4.88. The van der Waals surface area contributed by atoms with Gasteiger partial charge >= 0.3 is 5.97 Å². The number of carbonyl (C=O) groups excluding carboxylic acids is 3. The maximum absolute atomic E-state index is 14.2. The van der Waals surface area contributed by atoms with Gasteiger partial charge in [-0.2, -0.15) is 0 Å². The first-order valence-electron chi connectivity index (χ1n) is 12.4. The number of unbranched alkanes of at least 4 members (excludes halogenated alkanes) is 2. The highest BCUT2D eigenvalue weighted by Gasteiger charge is 2.74. The third-order valence-electron chi connectivity index (χ3n) is 7.41. The molecule has 5 atom stereocenters. The predicted molar refractivity (Wildman–Crippen MR) is 142 cm³/mol. The monoisotopic (exact) mass is 532 g/mol.